The molecule has 0 saturated heterocycles. The second-order valence-electron chi connectivity index (χ2n) is 8.80. The summed E-state index contributed by atoms with van der Waals surface area (Å²) in [5.41, 5.74) is 1.74. The van der Waals surface area contributed by atoms with Gasteiger partial charge in [0.05, 0.1) is 11.4 Å². The van der Waals surface area contributed by atoms with E-state index in [0.29, 0.717) is 49.0 Å². The molecule has 2 aromatic heterocycles. The Labute approximate surface area is 217 Å². The summed E-state index contributed by atoms with van der Waals surface area (Å²) in [6, 6.07) is 6.72. The molecule has 0 spiro atoms. The molecule has 194 valence electrons. The summed E-state index contributed by atoms with van der Waals surface area (Å²) in [6.07, 6.45) is 3.30. The average Bonchev–Trinajstić information content (AvgIpc) is 3.17. The summed E-state index contributed by atoms with van der Waals surface area (Å²) < 4.78 is 34.5. The standard InChI is InChI=1S/C25H30ClFN4O4S/c1-15(2)13-19(31-25(33)23-16(3)22-20(35-23)7-6-11-28-22)24(32)29-10-4-5-12-30-36(34)21-9-8-17(26)14-18(21)27/h6-9,11,14-15,19,30H,4-5,10,12-13H2,1-3H3,(H,29,32)(H,31,33)/t19-,36?/m0/s1. The summed E-state index contributed by atoms with van der Waals surface area (Å²) in [7, 11) is 0. The molecule has 0 aliphatic rings. The Kier molecular flexibility index (Phi) is 10.1. The number of carbonyl (C=O) groups is 2. The molecule has 8 nitrogen and oxygen atoms in total. The SMILES string of the molecule is Cc1c(C(=O)N[C@@H](CC(C)C)C(=O)NCCCCN[S+]([O-])c2ccc(Cl)cc2F)oc2cccnc12. The Hall–Kier alpha value is -2.66. The lowest BCUT2D eigenvalue weighted by molar-refractivity contribution is -0.123. The van der Waals surface area contributed by atoms with Gasteiger partial charge in [-0.2, -0.15) is 0 Å². The third kappa shape index (κ3) is 7.42. The van der Waals surface area contributed by atoms with Crippen LogP contribution in [0.5, 0.6) is 0 Å². The van der Waals surface area contributed by atoms with Crippen molar-refractivity contribution < 1.29 is 22.9 Å². The van der Waals surface area contributed by atoms with Gasteiger partial charge in [-0.25, -0.2) is 4.39 Å². The van der Waals surface area contributed by atoms with Crippen LogP contribution in [0.2, 0.25) is 5.02 Å². The molecule has 0 fully saturated rings. The number of hydrogen-bond donors (Lipinski definition) is 3. The molecule has 2 heterocycles. The zero-order chi connectivity index (χ0) is 26.2. The minimum absolute atomic E-state index is 0.0374. The van der Waals surface area contributed by atoms with Crippen molar-refractivity contribution in [1.82, 2.24) is 20.3 Å². The number of aromatic nitrogens is 1. The van der Waals surface area contributed by atoms with E-state index in [4.69, 9.17) is 16.0 Å². The van der Waals surface area contributed by atoms with Crippen LogP contribution in [0.4, 0.5) is 4.39 Å². The number of benzene rings is 1. The lowest BCUT2D eigenvalue weighted by atomic mass is 10.0. The van der Waals surface area contributed by atoms with Gasteiger partial charge in [-0.05, 0) is 62.4 Å². The van der Waals surface area contributed by atoms with Crippen LogP contribution in [-0.2, 0) is 16.2 Å². The van der Waals surface area contributed by atoms with E-state index in [1.165, 1.54) is 12.1 Å². The highest BCUT2D eigenvalue weighted by molar-refractivity contribution is 7.89. The predicted molar refractivity (Wildman–Crippen MR) is 138 cm³/mol. The smallest absolute Gasteiger partial charge is 0.288 e. The van der Waals surface area contributed by atoms with Crippen molar-refractivity contribution in [2.24, 2.45) is 5.92 Å². The van der Waals surface area contributed by atoms with Gasteiger partial charge < -0.3 is 19.6 Å². The number of aryl methyl sites for hydroxylation is 1. The Balaban J connectivity index is 1.47. The molecule has 0 aliphatic heterocycles. The first-order valence-corrected chi connectivity index (χ1v) is 13.2. The normalized spacial score (nSPS) is 13.1. The van der Waals surface area contributed by atoms with Crippen LogP contribution in [0.25, 0.3) is 11.1 Å². The highest BCUT2D eigenvalue weighted by Gasteiger charge is 2.26. The third-order valence-corrected chi connectivity index (χ3v) is 6.88. The monoisotopic (exact) mass is 536 g/mol. The third-order valence-electron chi connectivity index (χ3n) is 5.44. The number of carbonyl (C=O) groups excluding carboxylic acids is 2. The largest absolute Gasteiger partial charge is 0.593 e. The number of nitrogens with one attached hydrogen (secondary N) is 3. The molecule has 11 heteroatoms. The second-order valence-corrected chi connectivity index (χ2v) is 10.5. The number of fused-ring (bicyclic) bond motifs is 1. The number of halogens is 2. The summed E-state index contributed by atoms with van der Waals surface area (Å²) in [4.78, 5) is 30.0. The maximum Gasteiger partial charge on any atom is 0.288 e. The van der Waals surface area contributed by atoms with Crippen molar-refractivity contribution in [1.29, 1.82) is 0 Å². The maximum absolute atomic E-state index is 13.9. The first kappa shape index (κ1) is 27.9. The van der Waals surface area contributed by atoms with Gasteiger partial charge in [-0.1, -0.05) is 25.4 Å². The van der Waals surface area contributed by atoms with Crippen molar-refractivity contribution in [2.45, 2.75) is 51.0 Å². The van der Waals surface area contributed by atoms with Crippen LogP contribution in [0.3, 0.4) is 0 Å². The Morgan fingerprint density at radius 3 is 2.67 bits per heavy atom. The number of nitrogens with zero attached hydrogens (tertiary/aromatic N) is 1. The molecule has 2 atom stereocenters. The van der Waals surface area contributed by atoms with Gasteiger partial charge in [0.2, 0.25) is 10.8 Å². The number of rotatable bonds is 12. The van der Waals surface area contributed by atoms with Gasteiger partial charge in [0.25, 0.3) is 5.91 Å². The number of furan rings is 1. The molecule has 36 heavy (non-hydrogen) atoms. The van der Waals surface area contributed by atoms with E-state index >= 15 is 0 Å². The van der Waals surface area contributed by atoms with E-state index in [9.17, 15) is 18.5 Å². The van der Waals surface area contributed by atoms with Crippen LogP contribution in [0.1, 0.15) is 49.2 Å². The lowest BCUT2D eigenvalue weighted by Gasteiger charge is -2.20. The van der Waals surface area contributed by atoms with Gasteiger partial charge in [-0.3, -0.25) is 14.6 Å². The molecule has 0 radical (unpaired) electrons. The summed E-state index contributed by atoms with van der Waals surface area (Å²) in [6.45, 7) is 6.44. The molecular formula is C25H30ClFN4O4S. The first-order valence-electron chi connectivity index (χ1n) is 11.7. The van der Waals surface area contributed by atoms with E-state index < -0.39 is 29.1 Å². The molecule has 0 saturated carbocycles. The summed E-state index contributed by atoms with van der Waals surface area (Å²) in [5.74, 6) is -1.07. The van der Waals surface area contributed by atoms with Crippen LogP contribution in [-0.4, -0.2) is 40.5 Å². The van der Waals surface area contributed by atoms with E-state index in [-0.39, 0.29) is 27.5 Å². The summed E-state index contributed by atoms with van der Waals surface area (Å²) in [5, 5.41) is 5.87. The van der Waals surface area contributed by atoms with Crippen LogP contribution < -0.4 is 15.4 Å². The van der Waals surface area contributed by atoms with Gasteiger partial charge >= 0.3 is 0 Å². The van der Waals surface area contributed by atoms with Crippen molar-refractivity contribution in [3.8, 4) is 0 Å². The minimum Gasteiger partial charge on any atom is -0.593 e. The molecule has 1 aromatic carbocycles. The van der Waals surface area contributed by atoms with Crippen LogP contribution in [0.15, 0.2) is 45.8 Å². The van der Waals surface area contributed by atoms with Crippen LogP contribution >= 0.6 is 11.6 Å². The number of pyridine rings is 1. The predicted octanol–water partition coefficient (Wildman–Crippen LogP) is 4.28. The highest BCUT2D eigenvalue weighted by atomic mass is 35.5. The number of unbranched alkanes of at least 4 members (excludes halogenated alkanes) is 1. The average molecular weight is 537 g/mol. The topological polar surface area (TPSA) is 119 Å². The van der Waals surface area contributed by atoms with Crippen molar-refractivity contribution in [3.05, 3.63) is 58.7 Å². The maximum atomic E-state index is 13.9. The van der Waals surface area contributed by atoms with Crippen molar-refractivity contribution in [3.63, 3.8) is 0 Å². The van der Waals surface area contributed by atoms with E-state index in [0.717, 1.165) is 6.07 Å². The zero-order valence-electron chi connectivity index (χ0n) is 20.4. The fourth-order valence-electron chi connectivity index (χ4n) is 3.64. The van der Waals surface area contributed by atoms with Gasteiger partial charge in [0.1, 0.15) is 11.6 Å². The van der Waals surface area contributed by atoms with E-state index in [1.807, 2.05) is 13.8 Å². The van der Waals surface area contributed by atoms with E-state index in [2.05, 4.69) is 20.3 Å². The van der Waals surface area contributed by atoms with Gasteiger partial charge in [0, 0.05) is 29.9 Å². The first-order chi connectivity index (χ1) is 17.2. The summed E-state index contributed by atoms with van der Waals surface area (Å²) >= 11 is 4.02. The molecule has 3 aromatic rings. The van der Waals surface area contributed by atoms with Crippen LogP contribution in [0, 0.1) is 18.7 Å². The van der Waals surface area contributed by atoms with Crippen molar-refractivity contribution in [2.75, 3.05) is 13.1 Å². The highest BCUT2D eigenvalue weighted by Crippen LogP contribution is 2.23. The minimum atomic E-state index is -1.70. The molecule has 0 bridgehead atoms. The fraction of sp³-hybridized carbons (Fsp3) is 0.400. The second kappa shape index (κ2) is 13.0. The molecule has 3 rings (SSSR count). The Bertz CT molecular complexity index is 1210. The Morgan fingerprint density at radius 1 is 1.22 bits per heavy atom. The van der Waals surface area contributed by atoms with Gasteiger partial charge in [-0.15, -0.1) is 4.72 Å². The van der Waals surface area contributed by atoms with E-state index in [1.54, 1.807) is 25.3 Å². The molecule has 3 N–H and O–H groups in total. The Morgan fingerprint density at radius 2 is 1.97 bits per heavy atom. The van der Waals surface area contributed by atoms with Gasteiger partial charge in [0.15, 0.2) is 17.2 Å². The van der Waals surface area contributed by atoms with Crippen molar-refractivity contribution >= 4 is 45.9 Å². The number of amides is 2. The number of hydrogen-bond acceptors (Lipinski definition) is 6. The quantitative estimate of drug-likeness (QED) is 0.235. The molecule has 0 aliphatic carbocycles. The molecule has 2 amide bonds. The fourth-order valence-corrected chi connectivity index (χ4v) is 4.72. The molecule has 1 unspecified atom stereocenters. The lowest BCUT2D eigenvalue weighted by Crippen LogP contribution is -2.47. The molecular weight excluding hydrogens is 507 g/mol. The zero-order valence-corrected chi connectivity index (χ0v) is 22.0.